The van der Waals surface area contributed by atoms with Gasteiger partial charge in [-0.3, -0.25) is 4.79 Å². The Hall–Kier alpha value is -1.27. The minimum atomic E-state index is -3.69. The molecule has 2 fully saturated rings. The number of hydrogen-bond acceptors (Lipinski definition) is 4. The summed E-state index contributed by atoms with van der Waals surface area (Å²) in [6.45, 7) is 2.68. The molecule has 2 aliphatic rings. The largest absolute Gasteiger partial charge is 0.371 e. The zero-order chi connectivity index (χ0) is 16.4. The fraction of sp³-hybridized carbons (Fsp3) is 0.562. The highest BCUT2D eigenvalue weighted by atomic mass is 35.7. The van der Waals surface area contributed by atoms with Crippen molar-refractivity contribution in [2.45, 2.75) is 37.5 Å². The number of piperidine rings is 1. The number of anilines is 1. The first-order valence-corrected chi connectivity index (χ1v) is 10.4. The SMILES string of the molecule is O=C1CC(S(=O)(=O)Cl)CN1Cc1ccccc1N1CCCCC1. The Bertz CT molecular complexity index is 686. The van der Waals surface area contributed by atoms with Crippen molar-refractivity contribution >= 4 is 31.3 Å². The second-order valence-corrected chi connectivity index (χ2v) is 9.16. The molecular weight excluding hydrogens is 336 g/mol. The molecule has 0 aromatic heterocycles. The lowest BCUT2D eigenvalue weighted by Crippen LogP contribution is -2.32. The summed E-state index contributed by atoms with van der Waals surface area (Å²) in [6, 6.07) is 8.06. The maximum absolute atomic E-state index is 12.1. The monoisotopic (exact) mass is 356 g/mol. The fourth-order valence-corrected chi connectivity index (χ4v) is 4.43. The van der Waals surface area contributed by atoms with Crippen molar-refractivity contribution in [3.8, 4) is 0 Å². The van der Waals surface area contributed by atoms with Gasteiger partial charge in [-0.1, -0.05) is 18.2 Å². The van der Waals surface area contributed by atoms with E-state index < -0.39 is 14.3 Å². The molecule has 7 heteroatoms. The first-order valence-electron chi connectivity index (χ1n) is 7.99. The first kappa shape index (κ1) is 16.6. The fourth-order valence-electron chi connectivity index (χ4n) is 3.37. The Balaban J connectivity index is 1.77. The average Bonchev–Trinajstić information content (AvgIpc) is 2.90. The molecule has 1 unspecified atom stereocenters. The number of carbonyl (C=O) groups excluding carboxylic acids is 1. The minimum Gasteiger partial charge on any atom is -0.371 e. The molecule has 126 valence electrons. The van der Waals surface area contributed by atoms with Crippen LogP contribution in [0.1, 0.15) is 31.2 Å². The molecule has 2 saturated heterocycles. The van der Waals surface area contributed by atoms with Crippen molar-refractivity contribution in [1.82, 2.24) is 4.90 Å². The zero-order valence-corrected chi connectivity index (χ0v) is 14.5. The number of benzene rings is 1. The molecule has 1 atom stereocenters. The van der Waals surface area contributed by atoms with E-state index >= 15 is 0 Å². The highest BCUT2D eigenvalue weighted by molar-refractivity contribution is 8.14. The molecule has 2 heterocycles. The van der Waals surface area contributed by atoms with Crippen LogP contribution in [0.2, 0.25) is 0 Å². The lowest BCUT2D eigenvalue weighted by molar-refractivity contribution is -0.128. The Morgan fingerprint density at radius 3 is 2.48 bits per heavy atom. The van der Waals surface area contributed by atoms with E-state index in [0.29, 0.717) is 6.54 Å². The lowest BCUT2D eigenvalue weighted by Gasteiger charge is -2.31. The Labute approximate surface area is 141 Å². The highest BCUT2D eigenvalue weighted by Crippen LogP contribution is 2.28. The van der Waals surface area contributed by atoms with Crippen LogP contribution < -0.4 is 4.90 Å². The summed E-state index contributed by atoms with van der Waals surface area (Å²) in [5, 5.41) is -0.793. The van der Waals surface area contributed by atoms with Gasteiger partial charge < -0.3 is 9.80 Å². The van der Waals surface area contributed by atoms with Crippen LogP contribution in [-0.2, 0) is 20.4 Å². The van der Waals surface area contributed by atoms with Gasteiger partial charge in [0.05, 0.1) is 0 Å². The number of halogens is 1. The van der Waals surface area contributed by atoms with Crippen LogP contribution in [0.15, 0.2) is 24.3 Å². The van der Waals surface area contributed by atoms with E-state index in [2.05, 4.69) is 11.0 Å². The second-order valence-electron chi connectivity index (χ2n) is 6.25. The molecule has 23 heavy (non-hydrogen) atoms. The maximum Gasteiger partial charge on any atom is 0.237 e. The van der Waals surface area contributed by atoms with Crippen LogP contribution in [-0.4, -0.2) is 44.1 Å². The normalized spacial score (nSPS) is 22.7. The van der Waals surface area contributed by atoms with E-state index in [-0.39, 0.29) is 18.9 Å². The molecule has 0 aliphatic carbocycles. The number of amides is 1. The summed E-state index contributed by atoms with van der Waals surface area (Å²) in [7, 11) is 1.72. The highest BCUT2D eigenvalue weighted by Gasteiger charge is 2.37. The number of para-hydroxylation sites is 1. The van der Waals surface area contributed by atoms with Gasteiger partial charge in [-0.2, -0.15) is 0 Å². The van der Waals surface area contributed by atoms with E-state index in [1.807, 2.05) is 18.2 Å². The van der Waals surface area contributed by atoms with E-state index in [1.54, 1.807) is 4.90 Å². The second kappa shape index (κ2) is 6.69. The Morgan fingerprint density at radius 1 is 1.13 bits per heavy atom. The number of rotatable bonds is 4. The summed E-state index contributed by atoms with van der Waals surface area (Å²) in [6.07, 6.45) is 3.61. The van der Waals surface area contributed by atoms with Crippen molar-refractivity contribution in [2.24, 2.45) is 0 Å². The summed E-state index contributed by atoms with van der Waals surface area (Å²) in [5.74, 6) is -0.146. The van der Waals surface area contributed by atoms with E-state index in [4.69, 9.17) is 10.7 Å². The molecule has 1 amide bonds. The van der Waals surface area contributed by atoms with Gasteiger partial charge in [0.1, 0.15) is 5.25 Å². The third-order valence-electron chi connectivity index (χ3n) is 4.63. The van der Waals surface area contributed by atoms with Crippen LogP contribution in [0.25, 0.3) is 0 Å². The van der Waals surface area contributed by atoms with Gasteiger partial charge in [-0.25, -0.2) is 8.42 Å². The number of nitrogens with zero attached hydrogens (tertiary/aromatic N) is 2. The molecule has 0 saturated carbocycles. The number of likely N-dealkylation sites (tertiary alicyclic amines) is 1. The van der Waals surface area contributed by atoms with Crippen molar-refractivity contribution in [2.75, 3.05) is 24.5 Å². The van der Waals surface area contributed by atoms with Crippen LogP contribution in [0.5, 0.6) is 0 Å². The van der Waals surface area contributed by atoms with Crippen LogP contribution in [0.4, 0.5) is 5.69 Å². The summed E-state index contributed by atoms with van der Waals surface area (Å²) in [4.78, 5) is 16.1. The van der Waals surface area contributed by atoms with E-state index in [1.165, 1.54) is 19.3 Å². The van der Waals surface area contributed by atoms with Gasteiger partial charge in [0.25, 0.3) is 0 Å². The zero-order valence-electron chi connectivity index (χ0n) is 12.9. The third kappa shape index (κ3) is 3.80. The van der Waals surface area contributed by atoms with Gasteiger partial charge in [0.15, 0.2) is 0 Å². The predicted molar refractivity (Wildman–Crippen MR) is 91.1 cm³/mol. The standard InChI is InChI=1S/C16H21ClN2O3S/c17-23(21,22)14-10-16(20)19(12-14)11-13-6-2-3-7-15(13)18-8-4-1-5-9-18/h2-3,6-7,14H,1,4-5,8-12H2. The molecule has 2 aliphatic heterocycles. The first-order chi connectivity index (χ1) is 10.9. The molecule has 0 N–H and O–H groups in total. The van der Waals surface area contributed by atoms with Gasteiger partial charge in [0.2, 0.25) is 15.0 Å². The predicted octanol–water partition coefficient (Wildman–Crippen LogP) is 2.35. The van der Waals surface area contributed by atoms with Crippen molar-refractivity contribution in [3.05, 3.63) is 29.8 Å². The summed E-state index contributed by atoms with van der Waals surface area (Å²) >= 11 is 0. The van der Waals surface area contributed by atoms with Gasteiger partial charge in [0, 0.05) is 49.0 Å². The number of carbonyl (C=O) groups is 1. The molecule has 0 radical (unpaired) electrons. The quantitative estimate of drug-likeness (QED) is 0.777. The average molecular weight is 357 g/mol. The van der Waals surface area contributed by atoms with Crippen molar-refractivity contribution in [1.29, 1.82) is 0 Å². The van der Waals surface area contributed by atoms with Crippen LogP contribution >= 0.6 is 10.7 Å². The smallest absolute Gasteiger partial charge is 0.237 e. The summed E-state index contributed by atoms with van der Waals surface area (Å²) < 4.78 is 22.9. The Kier molecular flexibility index (Phi) is 4.82. The molecule has 0 bridgehead atoms. The van der Waals surface area contributed by atoms with Crippen molar-refractivity contribution < 1.29 is 13.2 Å². The third-order valence-corrected chi connectivity index (χ3v) is 6.49. The van der Waals surface area contributed by atoms with Gasteiger partial charge in [-0.05, 0) is 30.9 Å². The van der Waals surface area contributed by atoms with E-state index in [9.17, 15) is 13.2 Å². The summed E-state index contributed by atoms with van der Waals surface area (Å²) in [5.41, 5.74) is 2.22. The van der Waals surface area contributed by atoms with E-state index in [0.717, 1.165) is 24.3 Å². The molecule has 0 spiro atoms. The Morgan fingerprint density at radius 2 is 1.83 bits per heavy atom. The van der Waals surface area contributed by atoms with Crippen LogP contribution in [0.3, 0.4) is 0 Å². The van der Waals surface area contributed by atoms with Gasteiger partial charge >= 0.3 is 0 Å². The molecule has 1 aromatic rings. The van der Waals surface area contributed by atoms with Gasteiger partial charge in [-0.15, -0.1) is 0 Å². The van der Waals surface area contributed by atoms with Crippen LogP contribution in [0, 0.1) is 0 Å². The maximum atomic E-state index is 12.1. The minimum absolute atomic E-state index is 0.0162. The molecule has 1 aromatic carbocycles. The molecular formula is C16H21ClN2O3S. The molecule has 5 nitrogen and oxygen atoms in total. The topological polar surface area (TPSA) is 57.7 Å². The van der Waals surface area contributed by atoms with Crippen molar-refractivity contribution in [3.63, 3.8) is 0 Å². The number of hydrogen-bond donors (Lipinski definition) is 0. The lowest BCUT2D eigenvalue weighted by atomic mass is 10.1. The molecule has 3 rings (SSSR count).